The molecule has 70 valence electrons. The average molecular weight is 181 g/mol. The first kappa shape index (κ1) is 11.0. The first-order chi connectivity index (χ1) is 6.35. The van der Waals surface area contributed by atoms with Crippen molar-refractivity contribution in [1.29, 1.82) is 5.53 Å². The number of rotatable bonds is 2. The maximum Gasteiger partial charge on any atom is 0.212 e. The van der Waals surface area contributed by atoms with Gasteiger partial charge in [0, 0.05) is 12.3 Å². The van der Waals surface area contributed by atoms with E-state index in [1.54, 1.807) is 19.4 Å². The second-order valence-corrected chi connectivity index (χ2v) is 1.77. The van der Waals surface area contributed by atoms with Gasteiger partial charge in [-0.1, -0.05) is 6.07 Å². The van der Waals surface area contributed by atoms with Crippen LogP contribution in [0.1, 0.15) is 0 Å². The molecule has 0 unspecified atom stereocenters. The molecular formula is C7H11N5O. The summed E-state index contributed by atoms with van der Waals surface area (Å²) in [6.45, 7) is 0. The molecule has 1 rings (SSSR count). The molecule has 13 heavy (non-hydrogen) atoms. The van der Waals surface area contributed by atoms with Gasteiger partial charge < -0.3 is 10.6 Å². The zero-order chi connectivity index (χ0) is 9.94. The minimum absolute atomic E-state index is 0.660. The summed E-state index contributed by atoms with van der Waals surface area (Å²) < 4.78 is 4.80. The number of pyridine rings is 1. The fraction of sp³-hybridized carbons (Fsp3) is 0.143. The summed E-state index contributed by atoms with van der Waals surface area (Å²) in [6, 6.07) is 5.54. The lowest BCUT2D eigenvalue weighted by molar-refractivity contribution is 0.398. The number of nitrogens with zero attached hydrogens (tertiary/aromatic N) is 3. The van der Waals surface area contributed by atoms with Gasteiger partial charge in [-0.2, -0.15) is 5.10 Å². The van der Waals surface area contributed by atoms with E-state index in [9.17, 15) is 0 Å². The van der Waals surface area contributed by atoms with Crippen LogP contribution in [0.25, 0.3) is 0 Å². The quantitative estimate of drug-likeness (QED) is 0.234. The van der Waals surface area contributed by atoms with Crippen molar-refractivity contribution in [3.8, 4) is 5.88 Å². The Hall–Kier alpha value is -1.98. The van der Waals surface area contributed by atoms with Crippen LogP contribution in [-0.2, 0) is 0 Å². The van der Waals surface area contributed by atoms with Gasteiger partial charge in [0.05, 0.1) is 7.11 Å². The molecule has 0 saturated carbocycles. The van der Waals surface area contributed by atoms with Crippen LogP contribution in [0, 0.1) is 5.53 Å². The first-order valence-corrected chi connectivity index (χ1v) is 3.38. The average Bonchev–Trinajstić information content (AvgIpc) is 2.21. The fourth-order valence-corrected chi connectivity index (χ4v) is 0.501. The molecule has 0 aromatic carbocycles. The fourth-order valence-electron chi connectivity index (χ4n) is 0.501. The monoisotopic (exact) mass is 181 g/mol. The van der Waals surface area contributed by atoms with Crippen LogP contribution in [0.3, 0.4) is 0 Å². The van der Waals surface area contributed by atoms with Gasteiger partial charge in [0.1, 0.15) is 0 Å². The van der Waals surface area contributed by atoms with E-state index in [2.05, 4.69) is 21.0 Å². The highest BCUT2D eigenvalue weighted by Crippen LogP contribution is 1.99. The molecule has 0 amide bonds. The van der Waals surface area contributed by atoms with Crippen LogP contribution in [0.4, 0.5) is 0 Å². The van der Waals surface area contributed by atoms with Gasteiger partial charge in [0.2, 0.25) is 5.88 Å². The van der Waals surface area contributed by atoms with E-state index in [1.807, 2.05) is 12.1 Å². The van der Waals surface area contributed by atoms with Gasteiger partial charge in [-0.25, -0.2) is 10.5 Å². The Morgan fingerprint density at radius 2 is 2.38 bits per heavy atom. The Bertz CT molecular complexity index is 248. The predicted octanol–water partition coefficient (Wildman–Crippen LogP) is 1.01. The SMILES string of the molecule is COc1ccccn1.N=NC=NN. The van der Waals surface area contributed by atoms with Gasteiger partial charge in [-0.15, -0.1) is 5.11 Å². The third-order valence-electron chi connectivity index (χ3n) is 0.971. The van der Waals surface area contributed by atoms with E-state index < -0.39 is 0 Å². The second-order valence-electron chi connectivity index (χ2n) is 1.77. The molecule has 6 heteroatoms. The van der Waals surface area contributed by atoms with Crippen LogP contribution in [0.2, 0.25) is 0 Å². The summed E-state index contributed by atoms with van der Waals surface area (Å²) >= 11 is 0. The third-order valence-corrected chi connectivity index (χ3v) is 0.971. The number of nitrogens with two attached hydrogens (primary N) is 1. The van der Waals surface area contributed by atoms with E-state index in [1.165, 1.54) is 0 Å². The van der Waals surface area contributed by atoms with Crippen molar-refractivity contribution in [2.75, 3.05) is 7.11 Å². The molecule has 1 heterocycles. The Morgan fingerprint density at radius 3 is 2.62 bits per heavy atom. The largest absolute Gasteiger partial charge is 0.481 e. The highest BCUT2D eigenvalue weighted by atomic mass is 16.5. The zero-order valence-electron chi connectivity index (χ0n) is 7.21. The lowest BCUT2D eigenvalue weighted by Gasteiger charge is -1.92. The molecule has 0 aliphatic carbocycles. The van der Waals surface area contributed by atoms with Gasteiger partial charge in [0.25, 0.3) is 0 Å². The van der Waals surface area contributed by atoms with Crippen molar-refractivity contribution >= 4 is 6.34 Å². The maximum absolute atomic E-state index is 6.00. The highest BCUT2D eigenvalue weighted by molar-refractivity contribution is 5.52. The number of ether oxygens (including phenoxy) is 1. The van der Waals surface area contributed by atoms with Crippen LogP contribution < -0.4 is 10.6 Å². The van der Waals surface area contributed by atoms with Gasteiger partial charge in [0.15, 0.2) is 6.34 Å². The smallest absolute Gasteiger partial charge is 0.212 e. The Balaban J connectivity index is 0.000000252. The predicted molar refractivity (Wildman–Crippen MR) is 48.6 cm³/mol. The zero-order valence-corrected chi connectivity index (χ0v) is 7.21. The number of aromatic nitrogens is 1. The van der Waals surface area contributed by atoms with Crippen LogP contribution in [-0.4, -0.2) is 18.4 Å². The van der Waals surface area contributed by atoms with Crippen LogP contribution in [0.5, 0.6) is 5.88 Å². The molecule has 0 aliphatic heterocycles. The first-order valence-electron chi connectivity index (χ1n) is 3.38. The summed E-state index contributed by atoms with van der Waals surface area (Å²) in [5.74, 6) is 5.15. The highest BCUT2D eigenvalue weighted by Gasteiger charge is 1.82. The molecule has 1 aromatic heterocycles. The van der Waals surface area contributed by atoms with Crippen LogP contribution >= 0.6 is 0 Å². The molecule has 1 aromatic rings. The molecule has 0 fully saturated rings. The maximum atomic E-state index is 6.00. The summed E-state index contributed by atoms with van der Waals surface area (Å²) in [7, 11) is 1.60. The Morgan fingerprint density at radius 1 is 1.62 bits per heavy atom. The lowest BCUT2D eigenvalue weighted by Crippen LogP contribution is -1.83. The van der Waals surface area contributed by atoms with Crippen molar-refractivity contribution in [2.24, 2.45) is 16.1 Å². The Labute approximate surface area is 75.9 Å². The number of hydrogen-bond donors (Lipinski definition) is 2. The minimum Gasteiger partial charge on any atom is -0.481 e. The van der Waals surface area contributed by atoms with Gasteiger partial charge in [-0.05, 0) is 6.07 Å². The number of nitrogens with one attached hydrogen (secondary N) is 1. The molecule has 0 aliphatic rings. The van der Waals surface area contributed by atoms with Gasteiger partial charge in [-0.3, -0.25) is 0 Å². The van der Waals surface area contributed by atoms with Crippen molar-refractivity contribution in [3.63, 3.8) is 0 Å². The van der Waals surface area contributed by atoms with Crippen molar-refractivity contribution < 1.29 is 4.74 Å². The lowest BCUT2D eigenvalue weighted by atomic mass is 10.5. The van der Waals surface area contributed by atoms with Gasteiger partial charge >= 0.3 is 0 Å². The Kier molecular flexibility index (Phi) is 6.88. The summed E-state index contributed by atoms with van der Waals surface area (Å²) in [4.78, 5) is 3.88. The molecule has 6 nitrogen and oxygen atoms in total. The van der Waals surface area contributed by atoms with Crippen molar-refractivity contribution in [2.45, 2.75) is 0 Å². The molecular weight excluding hydrogens is 170 g/mol. The molecule has 0 saturated heterocycles. The van der Waals surface area contributed by atoms with E-state index in [0.717, 1.165) is 6.34 Å². The van der Waals surface area contributed by atoms with E-state index in [0.29, 0.717) is 5.88 Å². The van der Waals surface area contributed by atoms with E-state index in [-0.39, 0.29) is 0 Å². The van der Waals surface area contributed by atoms with Crippen molar-refractivity contribution in [1.82, 2.24) is 4.98 Å². The van der Waals surface area contributed by atoms with Crippen molar-refractivity contribution in [3.05, 3.63) is 24.4 Å². The minimum atomic E-state index is 0.660. The van der Waals surface area contributed by atoms with E-state index >= 15 is 0 Å². The number of methoxy groups -OCH3 is 1. The normalized spacial score (nSPS) is 8.69. The van der Waals surface area contributed by atoms with Crippen LogP contribution in [0.15, 0.2) is 34.6 Å². The summed E-state index contributed by atoms with van der Waals surface area (Å²) in [5, 5.41) is 5.56. The molecule has 0 bridgehead atoms. The molecule has 0 radical (unpaired) electrons. The topological polar surface area (TPSA) is 96.7 Å². The summed E-state index contributed by atoms with van der Waals surface area (Å²) in [5.41, 5.74) is 6.00. The third kappa shape index (κ3) is 6.42. The molecule has 3 N–H and O–H groups in total. The summed E-state index contributed by atoms with van der Waals surface area (Å²) in [6.07, 6.45) is 2.64. The standard InChI is InChI=1S/C6H7NO.CH4N4/c1-8-6-4-2-3-5-7-6;2-4-1-5-3/h2-5H,1H3;1-2H,3H2. The number of hydrogen-bond acceptors (Lipinski definition) is 5. The number of hydrazone groups is 1. The van der Waals surface area contributed by atoms with E-state index in [4.69, 9.17) is 10.3 Å². The molecule has 0 atom stereocenters. The molecule has 0 spiro atoms. The second kappa shape index (κ2) is 8.12.